The number of aryl methyl sites for hydroxylation is 1. The van der Waals surface area contributed by atoms with Gasteiger partial charge in [-0.25, -0.2) is 4.98 Å². The van der Waals surface area contributed by atoms with Gasteiger partial charge in [-0.1, -0.05) is 23.7 Å². The van der Waals surface area contributed by atoms with Crippen LogP contribution in [0, 0.1) is 17.0 Å². The number of anilines is 1. The molecule has 0 unspecified atom stereocenters. The number of nitrogens with zero attached hydrogens (tertiary/aromatic N) is 3. The third-order valence-electron chi connectivity index (χ3n) is 4.46. The van der Waals surface area contributed by atoms with Crippen LogP contribution in [0.1, 0.15) is 15.9 Å². The molecule has 29 heavy (non-hydrogen) atoms. The Morgan fingerprint density at radius 2 is 1.90 bits per heavy atom. The number of amides is 1. The first-order chi connectivity index (χ1) is 13.9. The third kappa shape index (κ3) is 3.81. The second-order valence-electron chi connectivity index (χ2n) is 6.55. The van der Waals surface area contributed by atoms with Crippen LogP contribution in [0.4, 0.5) is 11.4 Å². The lowest BCUT2D eigenvalue weighted by molar-refractivity contribution is -0.384. The van der Waals surface area contributed by atoms with Crippen LogP contribution in [0.2, 0.25) is 5.02 Å². The second-order valence-corrected chi connectivity index (χ2v) is 6.96. The van der Waals surface area contributed by atoms with Gasteiger partial charge in [0.25, 0.3) is 11.6 Å². The standard InChI is InChI=1S/C21H15ClN4O3/c1-13-8-9-25-12-19(24-20(25)10-13)14-2-4-15(5-3-14)23-21(27)17-11-16(26(28)29)6-7-18(17)22/h2-12H,1H3,(H,23,27). The van der Waals surface area contributed by atoms with Crippen molar-refractivity contribution in [1.29, 1.82) is 0 Å². The minimum absolute atomic E-state index is 0.0423. The van der Waals surface area contributed by atoms with E-state index in [0.717, 1.165) is 28.5 Å². The number of rotatable bonds is 4. The van der Waals surface area contributed by atoms with Crippen molar-refractivity contribution < 1.29 is 9.72 Å². The average molecular weight is 407 g/mol. The summed E-state index contributed by atoms with van der Waals surface area (Å²) >= 11 is 6.02. The van der Waals surface area contributed by atoms with E-state index in [1.807, 2.05) is 48.0 Å². The highest BCUT2D eigenvalue weighted by Crippen LogP contribution is 2.25. The van der Waals surface area contributed by atoms with Crippen LogP contribution in [-0.2, 0) is 0 Å². The van der Waals surface area contributed by atoms with E-state index in [1.54, 1.807) is 12.1 Å². The highest BCUT2D eigenvalue weighted by molar-refractivity contribution is 6.34. The zero-order valence-corrected chi connectivity index (χ0v) is 16.1. The van der Waals surface area contributed by atoms with Crippen LogP contribution in [0.5, 0.6) is 0 Å². The van der Waals surface area contributed by atoms with Crippen molar-refractivity contribution in [3.63, 3.8) is 0 Å². The molecule has 144 valence electrons. The quantitative estimate of drug-likeness (QED) is 0.376. The maximum Gasteiger partial charge on any atom is 0.270 e. The number of fused-ring (bicyclic) bond motifs is 1. The van der Waals surface area contributed by atoms with Gasteiger partial charge in [-0.15, -0.1) is 0 Å². The molecule has 0 radical (unpaired) electrons. The number of benzene rings is 2. The zero-order chi connectivity index (χ0) is 20.5. The Labute approximate surface area is 170 Å². The predicted molar refractivity (Wildman–Crippen MR) is 111 cm³/mol. The summed E-state index contributed by atoms with van der Waals surface area (Å²) in [4.78, 5) is 27.4. The molecule has 4 rings (SSSR count). The van der Waals surface area contributed by atoms with E-state index < -0.39 is 10.8 Å². The Bertz CT molecular complexity index is 1250. The number of imidazole rings is 1. The van der Waals surface area contributed by atoms with E-state index in [0.29, 0.717) is 5.69 Å². The van der Waals surface area contributed by atoms with Crippen LogP contribution in [0.25, 0.3) is 16.9 Å². The molecular weight excluding hydrogens is 392 g/mol. The average Bonchev–Trinajstić information content (AvgIpc) is 3.11. The third-order valence-corrected chi connectivity index (χ3v) is 4.79. The van der Waals surface area contributed by atoms with Crippen LogP contribution >= 0.6 is 11.6 Å². The molecule has 1 N–H and O–H groups in total. The number of pyridine rings is 1. The summed E-state index contributed by atoms with van der Waals surface area (Å²) in [5.74, 6) is -0.519. The highest BCUT2D eigenvalue weighted by atomic mass is 35.5. The molecule has 0 atom stereocenters. The molecule has 2 aromatic heterocycles. The number of nitro groups is 1. The summed E-state index contributed by atoms with van der Waals surface area (Å²) in [5.41, 5.74) is 4.09. The maximum atomic E-state index is 12.5. The first-order valence-electron chi connectivity index (χ1n) is 8.72. The van der Waals surface area contributed by atoms with E-state index in [-0.39, 0.29) is 16.3 Å². The molecule has 0 bridgehead atoms. The van der Waals surface area contributed by atoms with Crippen molar-refractivity contribution >= 4 is 34.5 Å². The van der Waals surface area contributed by atoms with Crippen molar-refractivity contribution in [3.8, 4) is 11.3 Å². The van der Waals surface area contributed by atoms with Gasteiger partial charge in [-0.05, 0) is 42.8 Å². The summed E-state index contributed by atoms with van der Waals surface area (Å²) in [6, 6.07) is 14.9. The summed E-state index contributed by atoms with van der Waals surface area (Å²) < 4.78 is 1.95. The fraction of sp³-hybridized carbons (Fsp3) is 0.0476. The fourth-order valence-electron chi connectivity index (χ4n) is 2.95. The van der Waals surface area contributed by atoms with Crippen molar-refractivity contribution in [3.05, 3.63) is 93.3 Å². The van der Waals surface area contributed by atoms with Gasteiger partial charge in [0.15, 0.2) is 0 Å². The summed E-state index contributed by atoms with van der Waals surface area (Å²) in [7, 11) is 0. The second kappa shape index (κ2) is 7.37. The van der Waals surface area contributed by atoms with Crippen LogP contribution in [-0.4, -0.2) is 20.2 Å². The van der Waals surface area contributed by atoms with Crippen molar-refractivity contribution in [2.24, 2.45) is 0 Å². The lowest BCUT2D eigenvalue weighted by atomic mass is 10.1. The number of non-ortho nitro benzene ring substituents is 1. The molecule has 0 aliphatic heterocycles. The Morgan fingerprint density at radius 1 is 1.14 bits per heavy atom. The molecule has 4 aromatic rings. The van der Waals surface area contributed by atoms with Crippen LogP contribution < -0.4 is 5.32 Å². The molecule has 1 amide bonds. The minimum atomic E-state index is -0.571. The molecular formula is C21H15ClN4O3. The molecule has 8 heteroatoms. The number of halogens is 1. The fourth-order valence-corrected chi connectivity index (χ4v) is 3.15. The maximum absolute atomic E-state index is 12.5. The minimum Gasteiger partial charge on any atom is -0.322 e. The first-order valence-corrected chi connectivity index (χ1v) is 9.09. The predicted octanol–water partition coefficient (Wildman–Crippen LogP) is 5.12. The first kappa shape index (κ1) is 18.6. The van der Waals surface area contributed by atoms with Gasteiger partial charge in [0, 0.05) is 35.8 Å². The normalized spacial score (nSPS) is 10.8. The summed E-state index contributed by atoms with van der Waals surface area (Å²) in [6.45, 7) is 2.01. The van der Waals surface area contributed by atoms with Gasteiger partial charge in [0.1, 0.15) is 5.65 Å². The monoisotopic (exact) mass is 406 g/mol. The molecule has 0 aliphatic carbocycles. The molecule has 0 spiro atoms. The Morgan fingerprint density at radius 3 is 2.62 bits per heavy atom. The number of hydrogen-bond acceptors (Lipinski definition) is 4. The van der Waals surface area contributed by atoms with E-state index in [4.69, 9.17) is 11.6 Å². The molecule has 0 saturated heterocycles. The Kier molecular flexibility index (Phi) is 4.74. The molecule has 7 nitrogen and oxygen atoms in total. The smallest absolute Gasteiger partial charge is 0.270 e. The lowest BCUT2D eigenvalue weighted by Gasteiger charge is -2.07. The van der Waals surface area contributed by atoms with E-state index in [9.17, 15) is 14.9 Å². The highest BCUT2D eigenvalue weighted by Gasteiger charge is 2.16. The van der Waals surface area contributed by atoms with Crippen LogP contribution in [0.15, 0.2) is 67.0 Å². The van der Waals surface area contributed by atoms with Gasteiger partial charge in [-0.2, -0.15) is 0 Å². The van der Waals surface area contributed by atoms with E-state index in [1.165, 1.54) is 12.1 Å². The van der Waals surface area contributed by atoms with Gasteiger partial charge >= 0.3 is 0 Å². The SMILES string of the molecule is Cc1ccn2cc(-c3ccc(NC(=O)c4cc([N+](=O)[O-])ccc4Cl)cc3)nc2c1. The van der Waals surface area contributed by atoms with Crippen LogP contribution in [0.3, 0.4) is 0 Å². The van der Waals surface area contributed by atoms with Gasteiger partial charge in [-0.3, -0.25) is 14.9 Å². The molecule has 2 aromatic carbocycles. The molecule has 0 saturated carbocycles. The van der Waals surface area contributed by atoms with Gasteiger partial charge in [0.05, 0.1) is 21.2 Å². The van der Waals surface area contributed by atoms with Crippen molar-refractivity contribution in [2.45, 2.75) is 6.92 Å². The Hall–Kier alpha value is -3.71. The number of aromatic nitrogens is 2. The molecule has 2 heterocycles. The van der Waals surface area contributed by atoms with Gasteiger partial charge < -0.3 is 9.72 Å². The molecule has 0 fully saturated rings. The number of hydrogen-bond donors (Lipinski definition) is 1. The van der Waals surface area contributed by atoms with Gasteiger partial charge in [0.2, 0.25) is 0 Å². The topological polar surface area (TPSA) is 89.5 Å². The Balaban J connectivity index is 1.55. The summed E-state index contributed by atoms with van der Waals surface area (Å²) in [5, 5.41) is 13.8. The van der Waals surface area contributed by atoms with Crippen molar-refractivity contribution in [2.75, 3.05) is 5.32 Å². The lowest BCUT2D eigenvalue weighted by Crippen LogP contribution is -2.12. The zero-order valence-electron chi connectivity index (χ0n) is 15.3. The van der Waals surface area contributed by atoms with E-state index >= 15 is 0 Å². The largest absolute Gasteiger partial charge is 0.322 e. The number of carbonyl (C=O) groups is 1. The number of nitrogens with one attached hydrogen (secondary N) is 1. The van der Waals surface area contributed by atoms with Crippen molar-refractivity contribution in [1.82, 2.24) is 9.38 Å². The molecule has 0 aliphatic rings. The van der Waals surface area contributed by atoms with E-state index in [2.05, 4.69) is 10.3 Å². The number of nitro benzene ring substituents is 1. The summed E-state index contributed by atoms with van der Waals surface area (Å²) in [6.07, 6.45) is 3.89. The number of carbonyl (C=O) groups excluding carboxylic acids is 1.